The number of aliphatic hydroxyl groups is 1. The highest BCUT2D eigenvalue weighted by Gasteiger charge is 2.50. The summed E-state index contributed by atoms with van der Waals surface area (Å²) in [4.78, 5) is 43.0. The maximum atomic E-state index is 13.7. The number of hydrogen-bond acceptors (Lipinski definition) is 6. The van der Waals surface area contributed by atoms with Crippen LogP contribution < -0.4 is 5.32 Å². The summed E-state index contributed by atoms with van der Waals surface area (Å²) in [5.41, 5.74) is 1.46. The van der Waals surface area contributed by atoms with Crippen molar-refractivity contribution >= 4 is 29.5 Å². The van der Waals surface area contributed by atoms with Crippen molar-refractivity contribution in [3.8, 4) is 5.75 Å². The molecule has 37 heavy (non-hydrogen) atoms. The molecule has 3 amide bonds. The van der Waals surface area contributed by atoms with Gasteiger partial charge in [-0.05, 0) is 44.9 Å². The number of amides is 3. The highest BCUT2D eigenvalue weighted by atomic mass is 32.2. The van der Waals surface area contributed by atoms with Gasteiger partial charge in [0.2, 0.25) is 5.91 Å². The van der Waals surface area contributed by atoms with Crippen LogP contribution in [-0.4, -0.2) is 80.1 Å². The number of carbonyl (C=O) groups excluding carboxylic acids is 3. The number of benzene rings is 2. The summed E-state index contributed by atoms with van der Waals surface area (Å²) in [6.45, 7) is 9.43. The number of phenols is 1. The number of phenolic OH excluding ortho intramolecular Hbond substituents is 1. The third kappa shape index (κ3) is 6.34. The predicted octanol–water partition coefficient (Wildman–Crippen LogP) is 2.73. The fraction of sp³-hybridized carbons (Fsp3) is 0.393. The number of thioether (sulfide) groups is 1. The van der Waals surface area contributed by atoms with E-state index in [1.807, 2.05) is 44.2 Å². The molecule has 9 heteroatoms. The SMILES string of the molecule is C=CCN(C)C(=O)C1N(C(=O)[C@@H](O)[C@H](Cc2ccccc2)NC(=O)c2cccc(O)c2C)CSC1(C)C. The average molecular weight is 526 g/mol. The molecule has 1 heterocycles. The van der Waals surface area contributed by atoms with Crippen molar-refractivity contribution in [2.45, 2.75) is 50.1 Å². The van der Waals surface area contributed by atoms with Crippen molar-refractivity contribution in [1.29, 1.82) is 0 Å². The Labute approximate surface area is 222 Å². The standard InChI is InChI=1S/C28H35N3O5S/c1-6-15-30(5)27(36)24-28(3,4)37-17-31(24)26(35)23(33)21(16-19-11-8-7-9-12-19)29-25(34)20-13-10-14-22(32)18(20)2/h6-14,21,23-24,32-33H,1,15-17H2,2-5H3,(H,29,34)/t21-,23-,24?/m0/s1. The van der Waals surface area contributed by atoms with Gasteiger partial charge >= 0.3 is 0 Å². The Bertz CT molecular complexity index is 1150. The molecule has 2 aromatic rings. The van der Waals surface area contributed by atoms with Crippen LogP contribution in [-0.2, 0) is 16.0 Å². The van der Waals surface area contributed by atoms with Gasteiger partial charge in [-0.3, -0.25) is 14.4 Å². The summed E-state index contributed by atoms with van der Waals surface area (Å²) < 4.78 is -0.571. The minimum Gasteiger partial charge on any atom is -0.508 e. The van der Waals surface area contributed by atoms with Crippen LogP contribution in [0, 0.1) is 6.92 Å². The quantitative estimate of drug-likeness (QED) is 0.435. The number of rotatable bonds is 9. The van der Waals surface area contributed by atoms with Gasteiger partial charge in [0.05, 0.1) is 11.9 Å². The average Bonchev–Trinajstić information content (AvgIpc) is 3.19. The molecule has 3 atom stereocenters. The van der Waals surface area contributed by atoms with Crippen LogP contribution in [0.3, 0.4) is 0 Å². The lowest BCUT2D eigenvalue weighted by atomic mass is 9.96. The largest absolute Gasteiger partial charge is 0.508 e. The number of carbonyl (C=O) groups is 3. The molecule has 0 aliphatic carbocycles. The molecule has 1 fully saturated rings. The zero-order chi connectivity index (χ0) is 27.3. The smallest absolute Gasteiger partial charge is 0.254 e. The Kier molecular flexibility index (Phi) is 9.04. The minimum atomic E-state index is -1.60. The molecule has 0 aromatic heterocycles. The van der Waals surface area contributed by atoms with Crippen LogP contribution in [0.5, 0.6) is 5.75 Å². The summed E-state index contributed by atoms with van der Waals surface area (Å²) in [6, 6.07) is 12.1. The number of aromatic hydroxyl groups is 1. The van der Waals surface area contributed by atoms with E-state index in [0.29, 0.717) is 12.1 Å². The summed E-state index contributed by atoms with van der Waals surface area (Å²) >= 11 is 1.46. The molecule has 0 spiro atoms. The van der Waals surface area contributed by atoms with Crippen molar-refractivity contribution < 1.29 is 24.6 Å². The van der Waals surface area contributed by atoms with Crippen LogP contribution in [0.2, 0.25) is 0 Å². The zero-order valence-electron chi connectivity index (χ0n) is 21.7. The summed E-state index contributed by atoms with van der Waals surface area (Å²) in [5, 5.41) is 24.2. The Hall–Kier alpha value is -3.30. The van der Waals surface area contributed by atoms with E-state index < -0.39 is 34.7 Å². The summed E-state index contributed by atoms with van der Waals surface area (Å²) in [5.74, 6) is -1.17. The first-order valence-corrected chi connectivity index (χ1v) is 13.1. The van der Waals surface area contributed by atoms with Gasteiger partial charge in [0.25, 0.3) is 11.8 Å². The topological polar surface area (TPSA) is 110 Å². The number of hydrogen-bond donors (Lipinski definition) is 3. The van der Waals surface area contributed by atoms with Crippen LogP contribution in [0.1, 0.15) is 35.3 Å². The third-order valence-corrected chi connectivity index (χ3v) is 8.02. The Morgan fingerprint density at radius 3 is 2.54 bits per heavy atom. The van der Waals surface area contributed by atoms with Gasteiger partial charge in [-0.2, -0.15) is 0 Å². The number of aliphatic hydroxyl groups excluding tert-OH is 1. The van der Waals surface area contributed by atoms with Gasteiger partial charge in [-0.15, -0.1) is 18.3 Å². The maximum absolute atomic E-state index is 13.7. The van der Waals surface area contributed by atoms with E-state index in [1.165, 1.54) is 27.6 Å². The summed E-state index contributed by atoms with van der Waals surface area (Å²) in [7, 11) is 1.65. The van der Waals surface area contributed by atoms with Gasteiger partial charge in [0.1, 0.15) is 11.8 Å². The zero-order valence-corrected chi connectivity index (χ0v) is 22.5. The van der Waals surface area contributed by atoms with Crippen LogP contribution in [0.25, 0.3) is 0 Å². The molecule has 1 unspecified atom stereocenters. The normalized spacial score (nSPS) is 18.1. The molecule has 3 N–H and O–H groups in total. The molecule has 3 rings (SSSR count). The molecular formula is C28H35N3O5S. The fourth-order valence-corrected chi connectivity index (χ4v) is 5.58. The second-order valence-electron chi connectivity index (χ2n) is 9.76. The Morgan fingerprint density at radius 2 is 1.89 bits per heavy atom. The highest BCUT2D eigenvalue weighted by Crippen LogP contribution is 2.40. The van der Waals surface area contributed by atoms with E-state index in [-0.39, 0.29) is 29.5 Å². The second-order valence-corrected chi connectivity index (χ2v) is 11.4. The first-order chi connectivity index (χ1) is 17.5. The fourth-order valence-electron chi connectivity index (χ4n) is 4.45. The molecule has 0 saturated carbocycles. The number of nitrogens with one attached hydrogen (secondary N) is 1. The minimum absolute atomic E-state index is 0.0230. The molecule has 2 aromatic carbocycles. The Balaban J connectivity index is 1.90. The molecule has 198 valence electrons. The molecule has 8 nitrogen and oxygen atoms in total. The van der Waals surface area contributed by atoms with E-state index >= 15 is 0 Å². The lowest BCUT2D eigenvalue weighted by Gasteiger charge is -2.35. The molecule has 1 aliphatic rings. The third-order valence-electron chi connectivity index (χ3n) is 6.64. The summed E-state index contributed by atoms with van der Waals surface area (Å²) in [6.07, 6.45) is 0.204. The monoisotopic (exact) mass is 525 g/mol. The first-order valence-electron chi connectivity index (χ1n) is 12.1. The van der Waals surface area contributed by atoms with Crippen LogP contribution in [0.15, 0.2) is 61.2 Å². The lowest BCUT2D eigenvalue weighted by Crippen LogP contribution is -2.58. The van der Waals surface area contributed by atoms with Crippen molar-refractivity contribution in [3.63, 3.8) is 0 Å². The number of likely N-dealkylation sites (N-methyl/N-ethyl adjacent to an activating group) is 1. The van der Waals surface area contributed by atoms with E-state index in [9.17, 15) is 24.6 Å². The predicted molar refractivity (Wildman–Crippen MR) is 145 cm³/mol. The Morgan fingerprint density at radius 1 is 1.22 bits per heavy atom. The molecule has 0 radical (unpaired) electrons. The van der Waals surface area contributed by atoms with E-state index in [0.717, 1.165) is 5.56 Å². The van der Waals surface area contributed by atoms with Crippen molar-refractivity contribution in [3.05, 3.63) is 77.9 Å². The second kappa shape index (κ2) is 11.8. The molecule has 0 bridgehead atoms. The number of nitrogens with zero attached hydrogens (tertiary/aromatic N) is 2. The van der Waals surface area contributed by atoms with E-state index in [4.69, 9.17) is 0 Å². The van der Waals surface area contributed by atoms with Gasteiger partial charge in [-0.1, -0.05) is 42.5 Å². The van der Waals surface area contributed by atoms with Gasteiger partial charge in [0.15, 0.2) is 6.10 Å². The van der Waals surface area contributed by atoms with Gasteiger partial charge in [0, 0.05) is 29.5 Å². The molecule has 1 aliphatic heterocycles. The highest BCUT2D eigenvalue weighted by molar-refractivity contribution is 8.00. The van der Waals surface area contributed by atoms with Gasteiger partial charge in [-0.25, -0.2) is 0 Å². The maximum Gasteiger partial charge on any atom is 0.254 e. The van der Waals surface area contributed by atoms with Crippen molar-refractivity contribution in [2.24, 2.45) is 0 Å². The van der Waals surface area contributed by atoms with Gasteiger partial charge < -0.3 is 25.3 Å². The van der Waals surface area contributed by atoms with Crippen LogP contribution >= 0.6 is 11.8 Å². The van der Waals surface area contributed by atoms with Crippen molar-refractivity contribution in [1.82, 2.24) is 15.1 Å². The van der Waals surface area contributed by atoms with E-state index in [2.05, 4.69) is 11.9 Å². The van der Waals surface area contributed by atoms with Crippen LogP contribution in [0.4, 0.5) is 0 Å². The first kappa shape index (κ1) is 28.3. The lowest BCUT2D eigenvalue weighted by molar-refractivity contribution is -0.150. The molecule has 1 saturated heterocycles. The van der Waals surface area contributed by atoms with Crippen molar-refractivity contribution in [2.75, 3.05) is 19.5 Å². The van der Waals surface area contributed by atoms with E-state index in [1.54, 1.807) is 32.2 Å². The molecular weight excluding hydrogens is 490 g/mol.